The first-order valence-corrected chi connectivity index (χ1v) is 36.4. The third-order valence-electron chi connectivity index (χ3n) is 21.8. The maximum absolute atomic E-state index is 2.61. The molecule has 1 spiro atoms. The van der Waals surface area contributed by atoms with E-state index in [0.29, 0.717) is 0 Å². The van der Waals surface area contributed by atoms with Crippen molar-refractivity contribution in [3.05, 3.63) is 225 Å². The molecule has 1 fully saturated rings. The van der Waals surface area contributed by atoms with Crippen LogP contribution in [0, 0.1) is 0 Å². The Morgan fingerprint density at radius 2 is 0.454 bits per heavy atom. The van der Waals surface area contributed by atoms with Gasteiger partial charge in [0.2, 0.25) is 0 Å². The second-order valence-corrected chi connectivity index (χ2v) is 38.0. The summed E-state index contributed by atoms with van der Waals surface area (Å²) in [5.74, 6) is 0. The standard InChI is InChI=1S/C95H114N.BrH/c1-88(2,3)72-44-66(45-73(54-72)89(4,5)6)62-38-63(67-46-74(90(7,8)9)55-75(47-67)91(10,11)12)41-70(40-62)82-52-60-32-26-28-34-80(60)86-84(82)58-96(36-30-25-31-37-96)59-85-83(53-61-33-27-29-35-81(61)87(85)86)71-42-64(68-48-76(92(13,14)15)56-77(49-68)93(16,17)18)39-65(43-71)69-50-78(94(19,20)21)57-79(51-69)95(22,23)24;/h26-29,32-35,38-57H,25,30-31,36-37,58-59H2,1-24H3;1H/q+1;/p-1. The average molecular weight is 1350 g/mol. The van der Waals surface area contributed by atoms with E-state index in [9.17, 15) is 0 Å². The van der Waals surface area contributed by atoms with Crippen molar-refractivity contribution in [2.75, 3.05) is 13.1 Å². The van der Waals surface area contributed by atoms with Crippen molar-refractivity contribution >= 4 is 21.5 Å². The molecule has 10 aromatic rings. The molecule has 0 unspecified atom stereocenters. The van der Waals surface area contributed by atoms with Gasteiger partial charge in [-0.2, -0.15) is 0 Å². The summed E-state index contributed by atoms with van der Waals surface area (Å²) in [6.07, 6.45) is 3.71. The summed E-state index contributed by atoms with van der Waals surface area (Å²) in [7, 11) is 0. The Kier molecular flexibility index (Phi) is 18.5. The summed E-state index contributed by atoms with van der Waals surface area (Å²) in [6.45, 7) is 61.2. The smallest absolute Gasteiger partial charge is 0.106 e. The molecule has 2 aliphatic rings. The van der Waals surface area contributed by atoms with Crippen LogP contribution in [0.5, 0.6) is 0 Å². The first-order chi connectivity index (χ1) is 44.5. The van der Waals surface area contributed by atoms with Gasteiger partial charge in [-0.3, -0.25) is 0 Å². The molecular weight excluding hydrogens is 1230 g/mol. The summed E-state index contributed by atoms with van der Waals surface area (Å²) in [4.78, 5) is 0. The zero-order valence-corrected chi connectivity index (χ0v) is 65.5. The highest BCUT2D eigenvalue weighted by atomic mass is 79.9. The van der Waals surface area contributed by atoms with Gasteiger partial charge in [-0.1, -0.05) is 287 Å². The molecule has 1 saturated heterocycles. The van der Waals surface area contributed by atoms with Crippen molar-refractivity contribution < 1.29 is 21.5 Å². The van der Waals surface area contributed by atoms with Crippen molar-refractivity contribution in [2.45, 2.75) is 242 Å². The number of nitrogens with zero attached hydrogens (tertiary/aromatic N) is 1. The fourth-order valence-electron chi connectivity index (χ4n) is 15.3. The number of benzene rings is 10. The fraction of sp³-hybridized carbons (Fsp3) is 0.411. The van der Waals surface area contributed by atoms with Gasteiger partial charge in [0.25, 0.3) is 0 Å². The highest BCUT2D eigenvalue weighted by Gasteiger charge is 2.40. The van der Waals surface area contributed by atoms with E-state index in [1.54, 1.807) is 0 Å². The van der Waals surface area contributed by atoms with E-state index in [4.69, 9.17) is 0 Å². The van der Waals surface area contributed by atoms with E-state index in [0.717, 1.165) is 30.7 Å². The van der Waals surface area contributed by atoms with E-state index in [-0.39, 0.29) is 60.3 Å². The summed E-state index contributed by atoms with van der Waals surface area (Å²) < 4.78 is 1.02. The molecule has 0 N–H and O–H groups in total. The average Bonchev–Trinajstić information content (AvgIpc) is 1.64. The predicted molar refractivity (Wildman–Crippen MR) is 420 cm³/mol. The molecule has 97 heavy (non-hydrogen) atoms. The maximum Gasteiger partial charge on any atom is 0.106 e. The molecule has 12 rings (SSSR count). The number of fused-ring (bicyclic) bond motifs is 7. The van der Waals surface area contributed by atoms with Crippen molar-refractivity contribution in [1.29, 1.82) is 0 Å². The minimum Gasteiger partial charge on any atom is -1.00 e. The molecule has 0 saturated carbocycles. The summed E-state index contributed by atoms with van der Waals surface area (Å²) in [6, 6.07) is 69.6. The lowest BCUT2D eigenvalue weighted by Gasteiger charge is -2.42. The van der Waals surface area contributed by atoms with Gasteiger partial charge in [-0.15, -0.1) is 0 Å². The Balaban J connectivity index is 0.00000954. The second kappa shape index (κ2) is 25.1. The van der Waals surface area contributed by atoms with Crippen LogP contribution in [-0.2, 0) is 56.4 Å². The zero-order chi connectivity index (χ0) is 69.4. The quantitative estimate of drug-likeness (QED) is 0.146. The monoisotopic (exact) mass is 1350 g/mol. The van der Waals surface area contributed by atoms with Crippen LogP contribution in [0.1, 0.15) is 241 Å². The van der Waals surface area contributed by atoms with Crippen LogP contribution in [0.3, 0.4) is 0 Å². The number of halogens is 1. The van der Waals surface area contributed by atoms with Crippen LogP contribution >= 0.6 is 0 Å². The molecule has 2 aliphatic heterocycles. The Bertz CT molecular complexity index is 4060. The third kappa shape index (κ3) is 14.6. The first-order valence-electron chi connectivity index (χ1n) is 36.4. The molecule has 1 nitrogen and oxygen atoms in total. The van der Waals surface area contributed by atoms with Crippen molar-refractivity contribution in [3.8, 4) is 77.9 Å². The van der Waals surface area contributed by atoms with Crippen LogP contribution in [-0.4, -0.2) is 17.6 Å². The van der Waals surface area contributed by atoms with Crippen molar-refractivity contribution in [2.24, 2.45) is 0 Å². The van der Waals surface area contributed by atoms with Crippen molar-refractivity contribution in [1.82, 2.24) is 0 Å². The van der Waals surface area contributed by atoms with Gasteiger partial charge in [0.15, 0.2) is 0 Å². The van der Waals surface area contributed by atoms with Crippen LogP contribution in [0.4, 0.5) is 0 Å². The lowest BCUT2D eigenvalue weighted by Crippen LogP contribution is -3.00. The number of hydrogen-bond donors (Lipinski definition) is 0. The van der Waals surface area contributed by atoms with E-state index < -0.39 is 0 Å². The van der Waals surface area contributed by atoms with Crippen LogP contribution in [0.15, 0.2) is 170 Å². The molecular formula is C95H114BrN. The SMILES string of the molecule is CC(C)(C)c1cc(-c2cc(-c3cc(C(C)(C)C)cc(C(C)(C)C)c3)cc(-c3cc4ccccc4c4c3C[N+]3(CCCCC3)Cc3c(-c5cc(-c6cc(C(C)(C)C)cc(C(C)(C)C)c6)cc(-c6cc(C(C)(C)C)cc(C(C)(C)C)c6)c5)cc5ccccc5c3-4)c2)cc(C(C)(C)C)c1.[Br-]. The van der Waals surface area contributed by atoms with E-state index >= 15 is 0 Å². The summed E-state index contributed by atoms with van der Waals surface area (Å²) in [5, 5.41) is 5.24. The Morgan fingerprint density at radius 3 is 0.691 bits per heavy atom. The number of rotatable bonds is 6. The predicted octanol–water partition coefficient (Wildman–Crippen LogP) is 24.1. The van der Waals surface area contributed by atoms with Crippen molar-refractivity contribution in [3.63, 3.8) is 0 Å². The Morgan fingerprint density at radius 1 is 0.237 bits per heavy atom. The molecule has 0 amide bonds. The topological polar surface area (TPSA) is 0 Å². The van der Waals surface area contributed by atoms with Gasteiger partial charge in [0, 0.05) is 22.3 Å². The van der Waals surface area contributed by atoms with E-state index in [1.165, 1.54) is 174 Å². The van der Waals surface area contributed by atoms with E-state index in [2.05, 4.69) is 336 Å². The summed E-state index contributed by atoms with van der Waals surface area (Å²) >= 11 is 0. The van der Waals surface area contributed by atoms with Gasteiger partial charge in [0.05, 0.1) is 13.1 Å². The maximum atomic E-state index is 2.61. The molecule has 0 aromatic heterocycles. The van der Waals surface area contributed by atoms with Gasteiger partial charge >= 0.3 is 0 Å². The fourth-order valence-corrected chi connectivity index (χ4v) is 15.3. The molecule has 0 bridgehead atoms. The lowest BCUT2D eigenvalue weighted by molar-refractivity contribution is -0.957. The van der Waals surface area contributed by atoms with Gasteiger partial charge < -0.3 is 21.5 Å². The number of hydrogen-bond acceptors (Lipinski definition) is 0. The number of quaternary nitrogens is 1. The molecule has 2 heteroatoms. The third-order valence-corrected chi connectivity index (χ3v) is 21.8. The van der Waals surface area contributed by atoms with Gasteiger partial charge in [-0.25, -0.2) is 0 Å². The number of piperidine rings is 1. The minimum atomic E-state index is -0.0425. The minimum absolute atomic E-state index is 0. The first kappa shape index (κ1) is 71.4. The van der Waals surface area contributed by atoms with Crippen LogP contribution < -0.4 is 17.0 Å². The molecule has 0 aliphatic carbocycles. The summed E-state index contributed by atoms with van der Waals surface area (Å²) in [5.41, 5.74) is 31.9. The molecule has 0 atom stereocenters. The molecule has 10 aromatic carbocycles. The molecule has 506 valence electrons. The van der Waals surface area contributed by atoms with Crippen LogP contribution in [0.2, 0.25) is 0 Å². The molecule has 0 radical (unpaired) electrons. The second-order valence-electron chi connectivity index (χ2n) is 38.0. The Labute approximate surface area is 597 Å². The Hall–Kier alpha value is -6.84. The lowest BCUT2D eigenvalue weighted by atomic mass is 9.77. The zero-order valence-electron chi connectivity index (χ0n) is 63.9. The highest BCUT2D eigenvalue weighted by molar-refractivity contribution is 6.12. The highest BCUT2D eigenvalue weighted by Crippen LogP contribution is 2.53. The normalized spacial score (nSPS) is 14.9. The van der Waals surface area contributed by atoms with E-state index in [1.807, 2.05) is 0 Å². The van der Waals surface area contributed by atoms with Gasteiger partial charge in [0.1, 0.15) is 13.1 Å². The largest absolute Gasteiger partial charge is 1.00 e. The van der Waals surface area contributed by atoms with Gasteiger partial charge in [-0.05, 0) is 244 Å². The van der Waals surface area contributed by atoms with Crippen LogP contribution in [0.25, 0.3) is 99.4 Å². The molecule has 2 heterocycles.